The Hall–Kier alpha value is -2.83. The van der Waals surface area contributed by atoms with Gasteiger partial charge in [-0.1, -0.05) is 12.1 Å². The maximum Gasteiger partial charge on any atom is 0.289 e. The van der Waals surface area contributed by atoms with Gasteiger partial charge in [-0.25, -0.2) is 4.39 Å². The van der Waals surface area contributed by atoms with Gasteiger partial charge in [0.25, 0.3) is 5.91 Å². The van der Waals surface area contributed by atoms with Crippen LogP contribution in [0.1, 0.15) is 23.4 Å². The zero-order chi connectivity index (χ0) is 19.2. The molecule has 0 spiro atoms. The highest BCUT2D eigenvalue weighted by Gasteiger charge is 2.30. The molecule has 144 valence electrons. The van der Waals surface area contributed by atoms with Crippen LogP contribution in [0.25, 0.3) is 0 Å². The second-order valence-electron chi connectivity index (χ2n) is 6.58. The van der Waals surface area contributed by atoms with Crippen molar-refractivity contribution in [1.82, 2.24) is 9.80 Å². The van der Waals surface area contributed by atoms with E-state index in [4.69, 9.17) is 9.15 Å². The van der Waals surface area contributed by atoms with Gasteiger partial charge in [0.05, 0.1) is 12.8 Å². The minimum Gasteiger partial charge on any atom is -0.489 e. The smallest absolute Gasteiger partial charge is 0.289 e. The minimum absolute atomic E-state index is 0.0252. The summed E-state index contributed by atoms with van der Waals surface area (Å²) in [6.45, 7) is 1.64. The van der Waals surface area contributed by atoms with Crippen LogP contribution in [0.3, 0.4) is 0 Å². The van der Waals surface area contributed by atoms with E-state index in [2.05, 4.69) is 0 Å². The van der Waals surface area contributed by atoms with Crippen molar-refractivity contribution in [3.63, 3.8) is 0 Å². The second-order valence-corrected chi connectivity index (χ2v) is 6.58. The van der Waals surface area contributed by atoms with Gasteiger partial charge < -0.3 is 19.0 Å². The molecule has 1 fully saturated rings. The number of hydrogen-bond acceptors (Lipinski definition) is 4. The quantitative estimate of drug-likeness (QED) is 0.780. The van der Waals surface area contributed by atoms with Crippen molar-refractivity contribution in [3.8, 4) is 5.75 Å². The van der Waals surface area contributed by atoms with Gasteiger partial charge in [-0.15, -0.1) is 0 Å². The largest absolute Gasteiger partial charge is 0.489 e. The summed E-state index contributed by atoms with van der Waals surface area (Å²) in [5, 5.41) is 0. The number of furan rings is 1. The van der Waals surface area contributed by atoms with Crippen molar-refractivity contribution < 1.29 is 23.1 Å². The fourth-order valence-electron chi connectivity index (χ4n) is 3.16. The molecule has 2 heterocycles. The molecule has 0 N–H and O–H groups in total. The highest BCUT2D eigenvalue weighted by Crippen LogP contribution is 2.21. The van der Waals surface area contributed by atoms with Gasteiger partial charge in [-0.2, -0.15) is 0 Å². The molecule has 1 aliphatic heterocycles. The predicted molar refractivity (Wildman–Crippen MR) is 96.9 cm³/mol. The molecule has 0 bridgehead atoms. The predicted octanol–water partition coefficient (Wildman–Crippen LogP) is 2.81. The molecule has 0 unspecified atom stereocenters. The Morgan fingerprint density at radius 1 is 1.22 bits per heavy atom. The van der Waals surface area contributed by atoms with Gasteiger partial charge in [0, 0.05) is 26.1 Å². The molecule has 2 amide bonds. The topological polar surface area (TPSA) is 63.0 Å². The number of likely N-dealkylation sites (N-methyl/N-ethyl adjacent to an activating group) is 1. The Balaban J connectivity index is 1.43. The highest BCUT2D eigenvalue weighted by molar-refractivity contribution is 5.91. The number of benzene rings is 1. The van der Waals surface area contributed by atoms with Crippen LogP contribution in [-0.4, -0.2) is 54.9 Å². The van der Waals surface area contributed by atoms with E-state index < -0.39 is 5.82 Å². The zero-order valence-corrected chi connectivity index (χ0v) is 15.3. The number of amides is 2. The number of carbonyl (C=O) groups excluding carboxylic acids is 2. The molecule has 1 saturated heterocycles. The SMILES string of the molecule is CN(CCOc1ccccc1F)C(=O)C1CCN(C(=O)c2ccco2)CC1. The average molecular weight is 374 g/mol. The number of hydrogen-bond donors (Lipinski definition) is 0. The molecular weight excluding hydrogens is 351 g/mol. The van der Waals surface area contributed by atoms with Gasteiger partial charge in [-0.3, -0.25) is 9.59 Å². The molecule has 0 saturated carbocycles. The second kappa shape index (κ2) is 8.70. The summed E-state index contributed by atoms with van der Waals surface area (Å²) >= 11 is 0. The van der Waals surface area contributed by atoms with E-state index in [1.165, 1.54) is 12.3 Å². The lowest BCUT2D eigenvalue weighted by Crippen LogP contribution is -2.44. The summed E-state index contributed by atoms with van der Waals surface area (Å²) in [5.41, 5.74) is 0. The van der Waals surface area contributed by atoms with E-state index >= 15 is 0 Å². The molecule has 1 aromatic heterocycles. The average Bonchev–Trinajstić information content (AvgIpc) is 3.23. The number of halogens is 1. The van der Waals surface area contributed by atoms with Crippen molar-refractivity contribution >= 4 is 11.8 Å². The van der Waals surface area contributed by atoms with Crippen LogP contribution >= 0.6 is 0 Å². The molecule has 7 heteroatoms. The van der Waals surface area contributed by atoms with Crippen molar-refractivity contribution in [1.29, 1.82) is 0 Å². The molecule has 3 rings (SSSR count). The van der Waals surface area contributed by atoms with Crippen LogP contribution in [0.2, 0.25) is 0 Å². The molecule has 1 aromatic carbocycles. The molecule has 1 aliphatic rings. The summed E-state index contributed by atoms with van der Waals surface area (Å²) in [4.78, 5) is 28.2. The Kier molecular flexibility index (Phi) is 6.11. The Bertz CT molecular complexity index is 770. The molecule has 0 radical (unpaired) electrons. The van der Waals surface area contributed by atoms with Crippen LogP contribution < -0.4 is 4.74 Å². The van der Waals surface area contributed by atoms with Crippen molar-refractivity contribution in [2.24, 2.45) is 5.92 Å². The van der Waals surface area contributed by atoms with Crippen LogP contribution in [0.4, 0.5) is 4.39 Å². The van der Waals surface area contributed by atoms with E-state index in [1.54, 1.807) is 47.2 Å². The van der Waals surface area contributed by atoms with Crippen molar-refractivity contribution in [2.75, 3.05) is 33.3 Å². The normalized spacial score (nSPS) is 14.8. The van der Waals surface area contributed by atoms with E-state index in [1.807, 2.05) is 0 Å². The summed E-state index contributed by atoms with van der Waals surface area (Å²) in [6, 6.07) is 9.52. The summed E-state index contributed by atoms with van der Waals surface area (Å²) in [6.07, 6.45) is 2.70. The van der Waals surface area contributed by atoms with Gasteiger partial charge in [0.15, 0.2) is 17.3 Å². The molecule has 6 nitrogen and oxygen atoms in total. The van der Waals surface area contributed by atoms with Gasteiger partial charge >= 0.3 is 0 Å². The number of para-hydroxylation sites is 1. The molecular formula is C20H23FN2O4. The number of piperidine rings is 1. The first-order chi connectivity index (χ1) is 13.1. The third kappa shape index (κ3) is 4.67. The maximum absolute atomic E-state index is 13.5. The Labute approximate surface area is 157 Å². The van der Waals surface area contributed by atoms with E-state index in [0.29, 0.717) is 38.2 Å². The number of nitrogens with zero attached hydrogens (tertiary/aromatic N) is 2. The number of rotatable bonds is 6. The van der Waals surface area contributed by atoms with Crippen LogP contribution in [0, 0.1) is 11.7 Å². The lowest BCUT2D eigenvalue weighted by Gasteiger charge is -2.32. The van der Waals surface area contributed by atoms with Gasteiger partial charge in [0.1, 0.15) is 6.61 Å². The third-order valence-electron chi connectivity index (χ3n) is 4.76. The first-order valence-electron chi connectivity index (χ1n) is 9.01. The zero-order valence-electron chi connectivity index (χ0n) is 15.3. The van der Waals surface area contributed by atoms with Crippen LogP contribution in [0.15, 0.2) is 47.1 Å². The Morgan fingerprint density at radius 3 is 2.63 bits per heavy atom. The standard InChI is InChI=1S/C20H23FN2O4/c1-22(12-14-27-17-6-3-2-5-16(17)21)19(24)15-8-10-23(11-9-15)20(25)18-7-4-13-26-18/h2-7,13,15H,8-12,14H2,1H3. The highest BCUT2D eigenvalue weighted by atomic mass is 19.1. The first-order valence-corrected chi connectivity index (χ1v) is 9.01. The summed E-state index contributed by atoms with van der Waals surface area (Å²) < 4.78 is 24.1. The van der Waals surface area contributed by atoms with E-state index in [0.717, 1.165) is 0 Å². The van der Waals surface area contributed by atoms with Gasteiger partial charge in [-0.05, 0) is 37.1 Å². The lowest BCUT2D eigenvalue weighted by molar-refractivity contribution is -0.135. The first kappa shape index (κ1) is 18.9. The van der Waals surface area contributed by atoms with Crippen LogP contribution in [0.5, 0.6) is 5.75 Å². The lowest BCUT2D eigenvalue weighted by atomic mass is 9.95. The maximum atomic E-state index is 13.5. The molecule has 2 aromatic rings. The third-order valence-corrected chi connectivity index (χ3v) is 4.76. The van der Waals surface area contributed by atoms with Crippen molar-refractivity contribution in [2.45, 2.75) is 12.8 Å². The number of likely N-dealkylation sites (tertiary alicyclic amines) is 1. The number of ether oxygens (including phenoxy) is 1. The van der Waals surface area contributed by atoms with Crippen molar-refractivity contribution in [3.05, 3.63) is 54.2 Å². The summed E-state index contributed by atoms with van der Waals surface area (Å²) in [5.74, 6) is -0.149. The molecule has 0 aliphatic carbocycles. The molecule has 0 atom stereocenters. The van der Waals surface area contributed by atoms with E-state index in [9.17, 15) is 14.0 Å². The number of carbonyl (C=O) groups is 2. The summed E-state index contributed by atoms with van der Waals surface area (Å²) in [7, 11) is 1.72. The minimum atomic E-state index is -0.417. The molecule has 27 heavy (non-hydrogen) atoms. The van der Waals surface area contributed by atoms with E-state index in [-0.39, 0.29) is 30.1 Å². The monoisotopic (exact) mass is 374 g/mol. The fraction of sp³-hybridized carbons (Fsp3) is 0.400. The fourth-order valence-corrected chi connectivity index (χ4v) is 3.16. The van der Waals surface area contributed by atoms with Gasteiger partial charge in [0.2, 0.25) is 5.91 Å². The Morgan fingerprint density at radius 2 is 1.96 bits per heavy atom. The van der Waals surface area contributed by atoms with Crippen LogP contribution in [-0.2, 0) is 4.79 Å².